The van der Waals surface area contributed by atoms with Crippen molar-refractivity contribution in [1.29, 1.82) is 0 Å². The van der Waals surface area contributed by atoms with E-state index in [2.05, 4.69) is 30.5 Å². The summed E-state index contributed by atoms with van der Waals surface area (Å²) in [6.07, 6.45) is 3.46. The maximum atomic E-state index is 12.3. The van der Waals surface area contributed by atoms with Gasteiger partial charge in [0.2, 0.25) is 0 Å². The summed E-state index contributed by atoms with van der Waals surface area (Å²) in [7, 11) is 0. The number of anilines is 1. The molecule has 21 heavy (non-hydrogen) atoms. The number of likely N-dealkylation sites (tertiary alicyclic amines) is 1. The Hall–Kier alpha value is -1.55. The Morgan fingerprint density at radius 2 is 2.29 bits per heavy atom. The molecule has 1 fully saturated rings. The first-order valence-corrected chi connectivity index (χ1v) is 8.04. The lowest BCUT2D eigenvalue weighted by Crippen LogP contribution is -2.41. The first-order valence-electron chi connectivity index (χ1n) is 8.04. The molecule has 1 atom stereocenters. The third-order valence-electron chi connectivity index (χ3n) is 3.88. The van der Waals surface area contributed by atoms with Crippen LogP contribution in [0, 0.1) is 5.92 Å². The number of benzene rings is 1. The molecule has 0 aromatic heterocycles. The molecule has 1 heterocycles. The van der Waals surface area contributed by atoms with Crippen molar-refractivity contribution in [2.75, 3.05) is 25.0 Å². The quantitative estimate of drug-likeness (QED) is 0.815. The Labute approximate surface area is 127 Å². The number of hydrogen-bond acceptors (Lipinski definition) is 2. The predicted molar refractivity (Wildman–Crippen MR) is 87.4 cm³/mol. The Balaban J connectivity index is 1.89. The van der Waals surface area contributed by atoms with Crippen LogP contribution in [0.4, 0.5) is 10.5 Å². The van der Waals surface area contributed by atoms with E-state index in [-0.39, 0.29) is 6.03 Å². The molecule has 4 heteroatoms. The minimum atomic E-state index is 0.0280. The number of carbonyl (C=O) groups is 1. The first kappa shape index (κ1) is 15.8. The SMILES string of the molecule is CCCNCc1cccc(NC(=O)N2CCCC(C)C2)c1. The van der Waals surface area contributed by atoms with Gasteiger partial charge in [0.25, 0.3) is 0 Å². The molecule has 4 nitrogen and oxygen atoms in total. The van der Waals surface area contributed by atoms with Crippen LogP contribution >= 0.6 is 0 Å². The van der Waals surface area contributed by atoms with E-state index >= 15 is 0 Å². The summed E-state index contributed by atoms with van der Waals surface area (Å²) in [5, 5.41) is 6.40. The molecule has 1 saturated heterocycles. The number of nitrogens with one attached hydrogen (secondary N) is 2. The zero-order valence-electron chi connectivity index (χ0n) is 13.2. The summed E-state index contributed by atoms with van der Waals surface area (Å²) >= 11 is 0. The van der Waals surface area contributed by atoms with Crippen molar-refractivity contribution in [3.63, 3.8) is 0 Å². The molecule has 2 rings (SSSR count). The molecule has 116 valence electrons. The first-order chi connectivity index (χ1) is 10.2. The zero-order valence-corrected chi connectivity index (χ0v) is 13.2. The Bertz CT molecular complexity index is 461. The van der Waals surface area contributed by atoms with Gasteiger partial charge in [-0.2, -0.15) is 0 Å². The molecule has 1 aromatic carbocycles. The molecule has 0 saturated carbocycles. The molecule has 1 aliphatic rings. The van der Waals surface area contributed by atoms with Crippen molar-refractivity contribution in [2.24, 2.45) is 5.92 Å². The van der Waals surface area contributed by atoms with E-state index < -0.39 is 0 Å². The van der Waals surface area contributed by atoms with Crippen LogP contribution in [-0.4, -0.2) is 30.6 Å². The van der Waals surface area contributed by atoms with Gasteiger partial charge in [-0.1, -0.05) is 26.0 Å². The average Bonchev–Trinajstić information content (AvgIpc) is 2.48. The van der Waals surface area contributed by atoms with Crippen molar-refractivity contribution >= 4 is 11.7 Å². The van der Waals surface area contributed by atoms with Crippen LogP contribution in [0.2, 0.25) is 0 Å². The molecule has 0 aliphatic carbocycles. The van der Waals surface area contributed by atoms with Crippen molar-refractivity contribution in [1.82, 2.24) is 10.2 Å². The Morgan fingerprint density at radius 1 is 1.43 bits per heavy atom. The molecule has 1 aliphatic heterocycles. The second-order valence-electron chi connectivity index (χ2n) is 6.00. The topological polar surface area (TPSA) is 44.4 Å². The van der Waals surface area contributed by atoms with Crippen LogP contribution in [0.1, 0.15) is 38.7 Å². The highest BCUT2D eigenvalue weighted by atomic mass is 16.2. The van der Waals surface area contributed by atoms with Crippen LogP contribution < -0.4 is 10.6 Å². The van der Waals surface area contributed by atoms with Crippen molar-refractivity contribution in [2.45, 2.75) is 39.7 Å². The molecular formula is C17H27N3O. The lowest BCUT2D eigenvalue weighted by molar-refractivity contribution is 0.182. The number of rotatable bonds is 5. The minimum absolute atomic E-state index is 0.0280. The second-order valence-corrected chi connectivity index (χ2v) is 6.00. The van der Waals surface area contributed by atoms with Crippen LogP contribution in [0.5, 0.6) is 0 Å². The van der Waals surface area contributed by atoms with Gasteiger partial charge in [0, 0.05) is 25.3 Å². The van der Waals surface area contributed by atoms with Gasteiger partial charge in [-0.25, -0.2) is 4.79 Å². The van der Waals surface area contributed by atoms with E-state index in [0.717, 1.165) is 44.7 Å². The van der Waals surface area contributed by atoms with E-state index in [9.17, 15) is 4.79 Å². The summed E-state index contributed by atoms with van der Waals surface area (Å²) < 4.78 is 0. The van der Waals surface area contributed by atoms with Gasteiger partial charge in [0.15, 0.2) is 0 Å². The number of hydrogen-bond donors (Lipinski definition) is 2. The minimum Gasteiger partial charge on any atom is -0.324 e. The van der Waals surface area contributed by atoms with Gasteiger partial charge >= 0.3 is 6.03 Å². The average molecular weight is 289 g/mol. The maximum absolute atomic E-state index is 12.3. The van der Waals surface area contributed by atoms with Gasteiger partial charge in [0.1, 0.15) is 0 Å². The van der Waals surface area contributed by atoms with Gasteiger partial charge < -0.3 is 15.5 Å². The van der Waals surface area contributed by atoms with Gasteiger partial charge in [0.05, 0.1) is 0 Å². The Kier molecular flexibility index (Phi) is 6.05. The fraction of sp³-hybridized carbons (Fsp3) is 0.588. The fourth-order valence-corrected chi connectivity index (χ4v) is 2.74. The molecule has 2 N–H and O–H groups in total. The fourth-order valence-electron chi connectivity index (χ4n) is 2.74. The van der Waals surface area contributed by atoms with E-state index in [4.69, 9.17) is 0 Å². The van der Waals surface area contributed by atoms with Crippen LogP contribution in [0.15, 0.2) is 24.3 Å². The standard InChI is InChI=1S/C17H27N3O/c1-3-9-18-12-15-7-4-8-16(11-15)19-17(21)20-10-5-6-14(2)13-20/h4,7-8,11,14,18H,3,5-6,9-10,12-13H2,1-2H3,(H,19,21). The number of piperidine rings is 1. The van der Waals surface area contributed by atoms with Crippen LogP contribution in [-0.2, 0) is 6.54 Å². The smallest absolute Gasteiger partial charge is 0.321 e. The van der Waals surface area contributed by atoms with Gasteiger partial charge in [-0.3, -0.25) is 0 Å². The lowest BCUT2D eigenvalue weighted by Gasteiger charge is -2.31. The largest absolute Gasteiger partial charge is 0.324 e. The van der Waals surface area contributed by atoms with E-state index in [1.807, 2.05) is 23.1 Å². The molecule has 1 aromatic rings. The summed E-state index contributed by atoms with van der Waals surface area (Å²) in [6.45, 7) is 7.96. The van der Waals surface area contributed by atoms with Crippen molar-refractivity contribution in [3.05, 3.63) is 29.8 Å². The highest BCUT2D eigenvalue weighted by Crippen LogP contribution is 2.17. The third-order valence-corrected chi connectivity index (χ3v) is 3.88. The summed E-state index contributed by atoms with van der Waals surface area (Å²) in [6, 6.07) is 8.11. The maximum Gasteiger partial charge on any atom is 0.321 e. The molecular weight excluding hydrogens is 262 g/mol. The van der Waals surface area contributed by atoms with E-state index in [1.165, 1.54) is 12.0 Å². The lowest BCUT2D eigenvalue weighted by atomic mass is 10.0. The van der Waals surface area contributed by atoms with Crippen molar-refractivity contribution in [3.8, 4) is 0 Å². The summed E-state index contributed by atoms with van der Waals surface area (Å²) in [5.74, 6) is 0.606. The monoisotopic (exact) mass is 289 g/mol. The van der Waals surface area contributed by atoms with E-state index in [1.54, 1.807) is 0 Å². The second kappa shape index (κ2) is 8.03. The molecule has 0 spiro atoms. The summed E-state index contributed by atoms with van der Waals surface area (Å²) in [5.41, 5.74) is 2.09. The number of amides is 2. The molecule has 0 bridgehead atoms. The third kappa shape index (κ3) is 5.05. The van der Waals surface area contributed by atoms with Gasteiger partial charge in [-0.15, -0.1) is 0 Å². The number of carbonyl (C=O) groups excluding carboxylic acids is 1. The number of nitrogens with zero attached hydrogens (tertiary/aromatic N) is 1. The molecule has 0 radical (unpaired) electrons. The van der Waals surface area contributed by atoms with Gasteiger partial charge in [-0.05, 0) is 49.4 Å². The van der Waals surface area contributed by atoms with Crippen LogP contribution in [0.25, 0.3) is 0 Å². The Morgan fingerprint density at radius 3 is 3.05 bits per heavy atom. The predicted octanol–water partition coefficient (Wildman–Crippen LogP) is 3.45. The highest BCUT2D eigenvalue weighted by molar-refractivity contribution is 5.89. The normalized spacial score (nSPS) is 18.6. The number of urea groups is 1. The van der Waals surface area contributed by atoms with Crippen LogP contribution in [0.3, 0.4) is 0 Å². The zero-order chi connectivity index (χ0) is 15.1. The highest BCUT2D eigenvalue weighted by Gasteiger charge is 2.20. The molecule has 1 unspecified atom stereocenters. The molecule has 2 amide bonds. The summed E-state index contributed by atoms with van der Waals surface area (Å²) in [4.78, 5) is 14.2. The van der Waals surface area contributed by atoms with E-state index in [0.29, 0.717) is 5.92 Å². The van der Waals surface area contributed by atoms with Crippen molar-refractivity contribution < 1.29 is 4.79 Å².